The van der Waals surface area contributed by atoms with E-state index < -0.39 is 0 Å². The summed E-state index contributed by atoms with van der Waals surface area (Å²) in [7, 11) is 0. The molecule has 0 N–H and O–H groups in total. The minimum Gasteiger partial charge on any atom is -2.00 e. The van der Waals surface area contributed by atoms with E-state index in [2.05, 4.69) is 0 Å². The molecular weight excluding hydrogens is 344 g/mol. The van der Waals surface area contributed by atoms with Crippen molar-refractivity contribution in [3.63, 3.8) is 0 Å². The Morgan fingerprint density at radius 2 is 0.800 bits per heavy atom. The Bertz CT molecular complexity index is 9.61. The van der Waals surface area contributed by atoms with Crippen molar-refractivity contribution >= 4 is 0 Å². The molecule has 0 amide bonds. The van der Waals surface area contributed by atoms with Gasteiger partial charge >= 0.3 is 75.9 Å². The molecule has 2 nitrogen and oxygen atoms in total. The summed E-state index contributed by atoms with van der Waals surface area (Å²) in [5.74, 6) is 0. The van der Waals surface area contributed by atoms with Crippen molar-refractivity contribution in [2.75, 3.05) is 0 Å². The van der Waals surface area contributed by atoms with Crippen molar-refractivity contribution in [1.29, 1.82) is 0 Å². The van der Waals surface area contributed by atoms with Crippen molar-refractivity contribution in [2.45, 2.75) is 0 Å². The van der Waals surface area contributed by atoms with E-state index in [-0.39, 0.29) is 86.8 Å². The molecule has 5 heteroatoms. The standard InChI is InChI=1S/Ag.Cd.2O.Zr/q+1;+2;2*-2;+4. The van der Waals surface area contributed by atoms with Crippen LogP contribution in [-0.2, 0) is 86.8 Å². The molecule has 0 aromatic heterocycles. The Balaban J connectivity index is 0. The molecule has 0 aromatic rings. The maximum absolute atomic E-state index is 0. The first-order chi connectivity index (χ1) is 0. The molecule has 0 fully saturated rings. The van der Waals surface area contributed by atoms with Gasteiger partial charge in [0.25, 0.3) is 0 Å². The van der Waals surface area contributed by atoms with E-state index in [0.29, 0.717) is 0 Å². The topological polar surface area (TPSA) is 57.0 Å². The molecule has 0 rings (SSSR count). The van der Waals surface area contributed by atoms with Crippen LogP contribution in [0, 0.1) is 0 Å². The van der Waals surface area contributed by atoms with Crippen molar-refractivity contribution < 1.29 is 86.8 Å². The molecule has 0 aliphatic rings. The average molecular weight is 344 g/mol. The Morgan fingerprint density at radius 3 is 0.800 bits per heavy atom. The van der Waals surface area contributed by atoms with Gasteiger partial charge in [-0.25, -0.2) is 0 Å². The van der Waals surface area contributed by atoms with Gasteiger partial charge in [-0.05, 0) is 0 Å². The first kappa shape index (κ1) is 51.3. The van der Waals surface area contributed by atoms with Crippen LogP contribution >= 0.6 is 0 Å². The zero-order chi connectivity index (χ0) is 0. The van der Waals surface area contributed by atoms with Gasteiger partial charge < -0.3 is 11.0 Å². The quantitative estimate of drug-likeness (QED) is 0.545. The smallest absolute Gasteiger partial charge is 2.00 e. The zero-order valence-electron chi connectivity index (χ0n) is 2.33. The van der Waals surface area contributed by atoms with Crippen molar-refractivity contribution in [1.82, 2.24) is 0 Å². The fraction of sp³-hybridized carbons (Fsp3) is 0. The Morgan fingerprint density at radius 1 is 0.800 bits per heavy atom. The summed E-state index contributed by atoms with van der Waals surface area (Å²) < 4.78 is 0. The maximum Gasteiger partial charge on any atom is 4.00 e. The van der Waals surface area contributed by atoms with Crippen molar-refractivity contribution in [3.05, 3.63) is 0 Å². The number of hydrogen-bond acceptors (Lipinski definition) is 0. The second-order valence-corrected chi connectivity index (χ2v) is 0. The van der Waals surface area contributed by atoms with E-state index in [0.717, 1.165) is 0 Å². The minimum absolute atomic E-state index is 0. The van der Waals surface area contributed by atoms with E-state index >= 15 is 0 Å². The molecule has 5 heavy (non-hydrogen) atoms. The van der Waals surface area contributed by atoms with Gasteiger partial charge in [-0.15, -0.1) is 0 Å². The monoisotopic (exact) mass is 343 g/mol. The average Bonchev–Trinajstić information content (AvgIpc) is 0. The van der Waals surface area contributed by atoms with Gasteiger partial charge in [-0.1, -0.05) is 0 Å². The molecule has 0 heterocycles. The van der Waals surface area contributed by atoms with Gasteiger partial charge in [-0.2, -0.15) is 0 Å². The normalized spacial score (nSPS) is 0. The van der Waals surface area contributed by atoms with Gasteiger partial charge in [0.2, 0.25) is 0 Å². The van der Waals surface area contributed by atoms with Crippen molar-refractivity contribution in [3.8, 4) is 0 Å². The van der Waals surface area contributed by atoms with Crippen molar-refractivity contribution in [2.24, 2.45) is 0 Å². The third kappa shape index (κ3) is 21.2. The third-order valence-corrected chi connectivity index (χ3v) is 0. The minimum atomic E-state index is 0. The Labute approximate surface area is 85.5 Å². The molecule has 0 atom stereocenters. The summed E-state index contributed by atoms with van der Waals surface area (Å²) in [5, 5.41) is 0. The van der Waals surface area contributed by atoms with E-state index in [4.69, 9.17) is 0 Å². The zero-order valence-corrected chi connectivity index (χ0v) is 10.3. The molecule has 0 saturated carbocycles. The molecule has 0 bridgehead atoms. The molecule has 0 spiro atoms. The first-order valence-corrected chi connectivity index (χ1v) is 0. The number of rotatable bonds is 0. The molecule has 0 saturated heterocycles. The fourth-order valence-corrected chi connectivity index (χ4v) is 0. The van der Waals surface area contributed by atoms with Crippen LogP contribution < -0.4 is 0 Å². The predicted octanol–water partition coefficient (Wildman–Crippen LogP) is -0.245. The summed E-state index contributed by atoms with van der Waals surface area (Å²) in [4.78, 5) is 0. The molecule has 0 aliphatic heterocycles. The molecule has 26 valence electrons. The van der Waals surface area contributed by atoms with Gasteiger partial charge in [0, 0.05) is 0 Å². The molecule has 0 aliphatic carbocycles. The Hall–Kier alpha value is 2.47. The van der Waals surface area contributed by atoms with E-state index in [9.17, 15) is 0 Å². The molecule has 0 unspecified atom stereocenters. The van der Waals surface area contributed by atoms with E-state index in [1.165, 1.54) is 0 Å². The largest absolute Gasteiger partial charge is 4.00 e. The Kier molecular flexibility index (Phi) is 326. The molecule has 0 radical (unpaired) electrons. The predicted molar refractivity (Wildman–Crippen MR) is 1.37 cm³/mol. The fourth-order valence-electron chi connectivity index (χ4n) is 0. The summed E-state index contributed by atoms with van der Waals surface area (Å²) in [6.45, 7) is 0. The van der Waals surface area contributed by atoms with Crippen LogP contribution in [0.15, 0.2) is 0 Å². The number of hydrogen-bond donors (Lipinski definition) is 0. The van der Waals surface area contributed by atoms with Crippen LogP contribution in [0.25, 0.3) is 0 Å². The second-order valence-electron chi connectivity index (χ2n) is 0. The van der Waals surface area contributed by atoms with Crippen LogP contribution in [0.2, 0.25) is 0 Å². The van der Waals surface area contributed by atoms with Crippen LogP contribution in [0.3, 0.4) is 0 Å². The summed E-state index contributed by atoms with van der Waals surface area (Å²) in [5.41, 5.74) is 0. The summed E-state index contributed by atoms with van der Waals surface area (Å²) >= 11 is 0. The van der Waals surface area contributed by atoms with Crippen LogP contribution in [0.1, 0.15) is 0 Å². The van der Waals surface area contributed by atoms with Gasteiger partial charge in [0.15, 0.2) is 0 Å². The SMILES string of the molecule is [Ag+].[Cd+2].[O-2].[O-2].[Zr+4]. The molecular formula is AgCdO2Zr+3. The van der Waals surface area contributed by atoms with E-state index in [1.807, 2.05) is 0 Å². The first-order valence-electron chi connectivity index (χ1n) is 0. The van der Waals surface area contributed by atoms with Gasteiger partial charge in [-0.3, -0.25) is 0 Å². The van der Waals surface area contributed by atoms with Crippen LogP contribution in [-0.4, -0.2) is 0 Å². The van der Waals surface area contributed by atoms with Crippen LogP contribution in [0.4, 0.5) is 0 Å². The van der Waals surface area contributed by atoms with E-state index in [1.54, 1.807) is 0 Å². The van der Waals surface area contributed by atoms with Crippen LogP contribution in [0.5, 0.6) is 0 Å². The molecule has 0 aromatic carbocycles. The van der Waals surface area contributed by atoms with Gasteiger partial charge in [0.05, 0.1) is 0 Å². The third-order valence-electron chi connectivity index (χ3n) is 0. The maximum atomic E-state index is 0. The second kappa shape index (κ2) is 31.8. The summed E-state index contributed by atoms with van der Waals surface area (Å²) in [6, 6.07) is 0. The van der Waals surface area contributed by atoms with Gasteiger partial charge in [0.1, 0.15) is 0 Å². The summed E-state index contributed by atoms with van der Waals surface area (Å²) in [6.07, 6.45) is 0.